The highest BCUT2D eigenvalue weighted by atomic mass is 35.5. The summed E-state index contributed by atoms with van der Waals surface area (Å²) in [5.74, 6) is -1.06. The average molecular weight is 419 g/mol. The third-order valence-electron chi connectivity index (χ3n) is 1.98. The van der Waals surface area contributed by atoms with Crippen LogP contribution >= 0.6 is 23.2 Å². The molecule has 2 unspecified atom stereocenters. The van der Waals surface area contributed by atoms with Crippen LogP contribution < -0.4 is 22.1 Å². The van der Waals surface area contributed by atoms with Crippen LogP contribution in [0.25, 0.3) is 0 Å². The van der Waals surface area contributed by atoms with Crippen molar-refractivity contribution in [3.05, 3.63) is 0 Å². The summed E-state index contributed by atoms with van der Waals surface area (Å²) >= 11 is 8.80. The van der Waals surface area contributed by atoms with Gasteiger partial charge in [-0.15, -0.1) is 0 Å². The summed E-state index contributed by atoms with van der Waals surface area (Å²) in [7, 11) is 0. The van der Waals surface area contributed by atoms with Crippen molar-refractivity contribution < 1.29 is 33.4 Å². The molecular weight excluding hydrogens is 395 g/mol. The number of ether oxygens (including phenoxy) is 2. The van der Waals surface area contributed by atoms with E-state index in [2.05, 4.69) is 45.3 Å². The Labute approximate surface area is 161 Å². The molecule has 13 heteroatoms. The maximum absolute atomic E-state index is 11.4. The number of rotatable bonds is 6. The molecule has 0 aromatic rings. The fourth-order valence-corrected chi connectivity index (χ4v) is 1.09. The van der Waals surface area contributed by atoms with Crippen LogP contribution in [0.4, 0.5) is 14.4 Å². The standard InChI is InChI=1S/C11H20N2O5.CCl2O.CH4N2O/c1-5-17-9(14)7(3)12-11(16)13-8(4)10(15)18-6-2;2*2-1(3)4/h7-8H,5-6H2,1-4H3,(H2,12,13,16);;(H4,2,3,4). The zero-order valence-electron chi connectivity index (χ0n) is 14.8. The van der Waals surface area contributed by atoms with Gasteiger partial charge in [0.15, 0.2) is 0 Å². The minimum Gasteiger partial charge on any atom is -0.464 e. The first-order valence-corrected chi connectivity index (χ1v) is 7.94. The Morgan fingerprint density at radius 3 is 1.27 bits per heavy atom. The molecule has 0 aromatic carbocycles. The molecule has 2 atom stereocenters. The molecule has 4 amide bonds. The number of amides is 4. The van der Waals surface area contributed by atoms with Crippen LogP contribution in [0.2, 0.25) is 0 Å². The number of hydrogen-bond acceptors (Lipinski definition) is 7. The summed E-state index contributed by atoms with van der Waals surface area (Å²) in [6.45, 7) is 6.82. The molecule has 11 nitrogen and oxygen atoms in total. The van der Waals surface area contributed by atoms with Gasteiger partial charge in [0.25, 0.3) is 0 Å². The fraction of sp³-hybridized carbons (Fsp3) is 0.615. The maximum Gasteiger partial charge on any atom is 0.328 e. The monoisotopic (exact) mass is 418 g/mol. The van der Waals surface area contributed by atoms with E-state index in [1.54, 1.807) is 13.8 Å². The van der Waals surface area contributed by atoms with E-state index in [-0.39, 0.29) is 13.2 Å². The van der Waals surface area contributed by atoms with Gasteiger partial charge in [0.1, 0.15) is 12.1 Å². The van der Waals surface area contributed by atoms with Crippen molar-refractivity contribution in [3.8, 4) is 0 Å². The lowest BCUT2D eigenvalue weighted by Crippen LogP contribution is -2.49. The second-order valence-electron chi connectivity index (χ2n) is 4.19. The Hall–Kier alpha value is -2.27. The van der Waals surface area contributed by atoms with Gasteiger partial charge in [-0.25, -0.2) is 19.2 Å². The minimum absolute atomic E-state index is 0.242. The van der Waals surface area contributed by atoms with Crippen LogP contribution in [-0.2, 0) is 19.1 Å². The van der Waals surface area contributed by atoms with E-state index in [1.807, 2.05) is 0 Å². The quantitative estimate of drug-likeness (QED) is 0.363. The highest BCUT2D eigenvalue weighted by molar-refractivity contribution is 6.93. The second kappa shape index (κ2) is 17.5. The lowest BCUT2D eigenvalue weighted by Gasteiger charge is -2.16. The van der Waals surface area contributed by atoms with Crippen molar-refractivity contribution in [1.29, 1.82) is 0 Å². The first-order valence-electron chi connectivity index (χ1n) is 7.19. The number of primary amides is 2. The number of halogens is 2. The van der Waals surface area contributed by atoms with E-state index in [4.69, 9.17) is 19.1 Å². The summed E-state index contributed by atoms with van der Waals surface area (Å²) in [4.78, 5) is 51.9. The molecule has 0 bridgehead atoms. The summed E-state index contributed by atoms with van der Waals surface area (Å²) in [6.07, 6.45) is 0. The number of carbonyl (C=O) groups excluding carboxylic acids is 5. The average Bonchev–Trinajstić information content (AvgIpc) is 2.46. The third kappa shape index (κ3) is 24.0. The number of urea groups is 2. The lowest BCUT2D eigenvalue weighted by atomic mass is 10.3. The number of nitrogens with two attached hydrogens (primary N) is 2. The summed E-state index contributed by atoms with van der Waals surface area (Å²) in [6, 6.07) is -3.02. The Bertz CT molecular complexity index is 429. The van der Waals surface area contributed by atoms with Gasteiger partial charge in [-0.3, -0.25) is 4.79 Å². The predicted octanol–water partition coefficient (Wildman–Crippen LogP) is 0.797. The number of esters is 2. The highest BCUT2D eigenvalue weighted by Gasteiger charge is 2.20. The molecule has 0 spiro atoms. The molecule has 0 saturated heterocycles. The van der Waals surface area contributed by atoms with Gasteiger partial charge in [0.2, 0.25) is 0 Å². The maximum atomic E-state index is 11.4. The first-order chi connectivity index (χ1) is 11.9. The fourth-order valence-electron chi connectivity index (χ4n) is 1.09. The molecule has 0 rings (SSSR count). The number of nitrogens with one attached hydrogen (secondary N) is 2. The van der Waals surface area contributed by atoms with Crippen LogP contribution in [0.1, 0.15) is 27.7 Å². The van der Waals surface area contributed by atoms with Crippen molar-refractivity contribution in [1.82, 2.24) is 10.6 Å². The number of hydrogen-bond donors (Lipinski definition) is 4. The van der Waals surface area contributed by atoms with E-state index >= 15 is 0 Å². The minimum atomic E-state index is -0.889. The largest absolute Gasteiger partial charge is 0.464 e. The van der Waals surface area contributed by atoms with Crippen molar-refractivity contribution in [2.45, 2.75) is 39.8 Å². The van der Waals surface area contributed by atoms with Gasteiger partial charge >= 0.3 is 28.7 Å². The molecule has 152 valence electrons. The Kier molecular flexibility index (Phi) is 19.3. The second-order valence-corrected chi connectivity index (χ2v) is 5.07. The first kappa shape index (κ1) is 28.5. The molecule has 0 heterocycles. The van der Waals surface area contributed by atoms with Crippen LogP contribution in [0, 0.1) is 0 Å². The zero-order chi connectivity index (χ0) is 21.3. The Morgan fingerprint density at radius 1 is 0.846 bits per heavy atom. The van der Waals surface area contributed by atoms with Gasteiger partial charge in [0, 0.05) is 0 Å². The molecule has 0 saturated carbocycles. The van der Waals surface area contributed by atoms with Crippen LogP contribution in [-0.4, -0.2) is 54.0 Å². The van der Waals surface area contributed by atoms with E-state index < -0.39 is 40.8 Å². The van der Waals surface area contributed by atoms with Crippen molar-refractivity contribution in [2.24, 2.45) is 11.5 Å². The van der Waals surface area contributed by atoms with Crippen LogP contribution in [0.15, 0.2) is 0 Å². The molecule has 0 fully saturated rings. The predicted molar refractivity (Wildman–Crippen MR) is 94.7 cm³/mol. The van der Waals surface area contributed by atoms with Crippen LogP contribution in [0.3, 0.4) is 0 Å². The molecule has 0 radical (unpaired) electrons. The normalized spacial score (nSPS) is 11.0. The lowest BCUT2D eigenvalue weighted by molar-refractivity contribution is -0.145. The van der Waals surface area contributed by atoms with Gasteiger partial charge in [-0.1, -0.05) is 0 Å². The molecule has 0 aliphatic heterocycles. The van der Waals surface area contributed by atoms with E-state index in [1.165, 1.54) is 13.8 Å². The summed E-state index contributed by atoms with van der Waals surface area (Å²) < 4.78 is 8.56. The van der Waals surface area contributed by atoms with Crippen molar-refractivity contribution in [3.63, 3.8) is 0 Å². The van der Waals surface area contributed by atoms with Gasteiger partial charge in [-0.2, -0.15) is 0 Å². The third-order valence-corrected chi connectivity index (χ3v) is 1.98. The molecule has 0 aliphatic rings. The summed E-state index contributed by atoms with van der Waals surface area (Å²) in [5, 5.41) is 4.72. The summed E-state index contributed by atoms with van der Waals surface area (Å²) in [5.41, 5.74) is 8.50. The topological polar surface area (TPSA) is 180 Å². The van der Waals surface area contributed by atoms with Gasteiger partial charge in [-0.05, 0) is 50.9 Å². The van der Waals surface area contributed by atoms with E-state index in [0.29, 0.717) is 0 Å². The molecular formula is C13H24Cl2N4O7. The van der Waals surface area contributed by atoms with E-state index in [9.17, 15) is 14.4 Å². The highest BCUT2D eigenvalue weighted by Crippen LogP contribution is 1.91. The number of carbonyl (C=O) groups is 5. The Balaban J connectivity index is -0.000000551. The smallest absolute Gasteiger partial charge is 0.328 e. The molecule has 0 aliphatic carbocycles. The van der Waals surface area contributed by atoms with Crippen LogP contribution in [0.5, 0.6) is 0 Å². The van der Waals surface area contributed by atoms with Gasteiger partial charge in [0.05, 0.1) is 13.2 Å². The van der Waals surface area contributed by atoms with E-state index in [0.717, 1.165) is 0 Å². The molecule has 6 N–H and O–H groups in total. The molecule has 0 aromatic heterocycles. The molecule has 26 heavy (non-hydrogen) atoms. The Morgan fingerprint density at radius 2 is 1.08 bits per heavy atom. The van der Waals surface area contributed by atoms with Gasteiger partial charge < -0.3 is 31.6 Å². The van der Waals surface area contributed by atoms with Crippen molar-refractivity contribution in [2.75, 3.05) is 13.2 Å². The zero-order valence-corrected chi connectivity index (χ0v) is 16.3. The SMILES string of the molecule is CCOC(=O)C(C)NC(=O)NC(C)C(=O)OCC.NC(N)=O.O=C(Cl)Cl. The van der Waals surface area contributed by atoms with Crippen molar-refractivity contribution >= 4 is 51.9 Å².